The molecular weight excluding hydrogens is 440 g/mol. The van der Waals surface area contributed by atoms with E-state index >= 15 is 4.39 Å². The first kappa shape index (κ1) is 22.4. The van der Waals surface area contributed by atoms with Crippen molar-refractivity contribution in [2.24, 2.45) is 5.73 Å². The Balaban J connectivity index is 1.68. The maximum Gasteiger partial charge on any atom is 0.258 e. The fraction of sp³-hybridized carbons (Fsp3) is 0.174. The van der Waals surface area contributed by atoms with Crippen molar-refractivity contribution in [2.75, 3.05) is 18.4 Å². The molecule has 1 saturated heterocycles. The number of carbonyl (C=O) groups is 2. The van der Waals surface area contributed by atoms with Crippen LogP contribution in [0.1, 0.15) is 27.1 Å². The van der Waals surface area contributed by atoms with Gasteiger partial charge in [0.2, 0.25) is 0 Å². The van der Waals surface area contributed by atoms with E-state index in [9.17, 15) is 22.8 Å². The van der Waals surface area contributed by atoms with Crippen molar-refractivity contribution < 1.29 is 27.2 Å². The third kappa shape index (κ3) is 4.29. The molecule has 0 spiro atoms. The summed E-state index contributed by atoms with van der Waals surface area (Å²) in [4.78, 5) is 31.1. The van der Waals surface area contributed by atoms with Crippen LogP contribution in [-0.4, -0.2) is 40.8 Å². The van der Waals surface area contributed by atoms with Crippen molar-refractivity contribution in [1.82, 2.24) is 9.88 Å². The average Bonchev–Trinajstić information content (AvgIpc) is 3.22. The number of amides is 2. The summed E-state index contributed by atoms with van der Waals surface area (Å²) in [5.74, 6) is -6.50. The van der Waals surface area contributed by atoms with Crippen molar-refractivity contribution >= 4 is 17.5 Å². The number of nitrogens with one attached hydrogen (secondary N) is 1. The van der Waals surface area contributed by atoms with Gasteiger partial charge in [-0.3, -0.25) is 14.6 Å². The van der Waals surface area contributed by atoms with Gasteiger partial charge < -0.3 is 16.0 Å². The highest BCUT2D eigenvalue weighted by Gasteiger charge is 2.28. The number of carbonyl (C=O) groups excluding carboxylic acids is 2. The van der Waals surface area contributed by atoms with Gasteiger partial charge in [0.05, 0.1) is 34.1 Å². The van der Waals surface area contributed by atoms with Crippen LogP contribution < -0.4 is 11.1 Å². The third-order valence-electron chi connectivity index (χ3n) is 5.36. The summed E-state index contributed by atoms with van der Waals surface area (Å²) in [5.41, 5.74) is 3.35. The van der Waals surface area contributed by atoms with Crippen LogP contribution in [0.4, 0.5) is 23.2 Å². The summed E-state index contributed by atoms with van der Waals surface area (Å²) in [6, 6.07) is 5.57. The molecule has 2 heterocycles. The van der Waals surface area contributed by atoms with Crippen molar-refractivity contribution in [3.8, 4) is 11.1 Å². The first-order chi connectivity index (χ1) is 15.8. The molecule has 0 radical (unpaired) electrons. The number of hydrogen-bond donors (Lipinski definition) is 2. The molecule has 0 unspecified atom stereocenters. The highest BCUT2D eigenvalue weighted by Crippen LogP contribution is 2.32. The maximum atomic E-state index is 15.1. The Morgan fingerprint density at radius 1 is 0.970 bits per heavy atom. The summed E-state index contributed by atoms with van der Waals surface area (Å²) in [6.45, 7) is 0.790. The molecule has 3 aromatic rings. The van der Waals surface area contributed by atoms with Crippen molar-refractivity contribution in [2.45, 2.75) is 12.5 Å². The molecule has 33 heavy (non-hydrogen) atoms. The Morgan fingerprint density at radius 2 is 1.67 bits per heavy atom. The molecule has 4 rings (SSSR count). The van der Waals surface area contributed by atoms with Gasteiger partial charge in [-0.1, -0.05) is 6.07 Å². The molecule has 10 heteroatoms. The molecule has 6 nitrogen and oxygen atoms in total. The van der Waals surface area contributed by atoms with E-state index in [1.54, 1.807) is 0 Å². The van der Waals surface area contributed by atoms with Crippen LogP contribution in [0, 0.1) is 23.3 Å². The van der Waals surface area contributed by atoms with Gasteiger partial charge in [-0.05, 0) is 36.8 Å². The quantitative estimate of drug-likeness (QED) is 0.584. The average molecular weight is 458 g/mol. The zero-order valence-electron chi connectivity index (χ0n) is 17.1. The highest BCUT2D eigenvalue weighted by atomic mass is 19.1. The molecule has 1 atom stereocenters. The summed E-state index contributed by atoms with van der Waals surface area (Å²) < 4.78 is 57.8. The minimum absolute atomic E-state index is 0.00433. The van der Waals surface area contributed by atoms with Gasteiger partial charge in [-0.15, -0.1) is 0 Å². The van der Waals surface area contributed by atoms with Crippen LogP contribution in [-0.2, 0) is 0 Å². The van der Waals surface area contributed by atoms with E-state index in [1.807, 2.05) is 0 Å². The second-order valence-electron chi connectivity index (χ2n) is 7.56. The topological polar surface area (TPSA) is 88.3 Å². The summed E-state index contributed by atoms with van der Waals surface area (Å²) in [7, 11) is 0. The fourth-order valence-corrected chi connectivity index (χ4v) is 3.71. The standard InChI is InChI=1S/C23H18F4N4O2/c24-15-2-1-3-16(25)19(15)20-17(26)5-4-14(21(20)27)22(32)30-18-10-29-8-6-13(18)23(33)31-9-7-12(28)11-31/h1-6,8,10,12H,7,9,11,28H2,(H,30,32)/t12-/m0/s1. The van der Waals surface area contributed by atoms with Gasteiger partial charge in [0, 0.05) is 25.3 Å². The van der Waals surface area contributed by atoms with Crippen molar-refractivity contribution in [3.63, 3.8) is 0 Å². The molecule has 1 aromatic heterocycles. The maximum absolute atomic E-state index is 15.1. The Morgan fingerprint density at radius 3 is 2.33 bits per heavy atom. The van der Waals surface area contributed by atoms with Gasteiger partial charge in [0.15, 0.2) is 0 Å². The Hall–Kier alpha value is -3.79. The minimum atomic E-state index is -1.45. The van der Waals surface area contributed by atoms with Crippen molar-refractivity contribution in [3.05, 3.63) is 83.2 Å². The lowest BCUT2D eigenvalue weighted by Crippen LogP contribution is -2.32. The van der Waals surface area contributed by atoms with Crippen LogP contribution in [0.5, 0.6) is 0 Å². The molecule has 1 fully saturated rings. The van der Waals surface area contributed by atoms with Crippen LogP contribution in [0.3, 0.4) is 0 Å². The number of aromatic nitrogens is 1. The van der Waals surface area contributed by atoms with E-state index in [0.29, 0.717) is 19.5 Å². The smallest absolute Gasteiger partial charge is 0.258 e. The number of halogens is 4. The van der Waals surface area contributed by atoms with Gasteiger partial charge in [-0.2, -0.15) is 0 Å². The number of hydrogen-bond acceptors (Lipinski definition) is 4. The van der Waals surface area contributed by atoms with Crippen LogP contribution >= 0.6 is 0 Å². The van der Waals surface area contributed by atoms with E-state index in [2.05, 4.69) is 10.3 Å². The first-order valence-corrected chi connectivity index (χ1v) is 10.0. The molecule has 0 aliphatic carbocycles. The lowest BCUT2D eigenvalue weighted by molar-refractivity contribution is 0.0791. The predicted molar refractivity (Wildman–Crippen MR) is 112 cm³/mol. The molecule has 1 aliphatic heterocycles. The number of likely N-dealkylation sites (tertiary alicyclic amines) is 1. The Bertz CT molecular complexity index is 1230. The van der Waals surface area contributed by atoms with Gasteiger partial charge in [0.25, 0.3) is 11.8 Å². The largest absolute Gasteiger partial charge is 0.337 e. The van der Waals surface area contributed by atoms with Crippen molar-refractivity contribution in [1.29, 1.82) is 0 Å². The number of benzene rings is 2. The summed E-state index contributed by atoms with van der Waals surface area (Å²) in [6.07, 6.45) is 3.20. The highest BCUT2D eigenvalue weighted by molar-refractivity contribution is 6.09. The monoisotopic (exact) mass is 458 g/mol. The fourth-order valence-electron chi connectivity index (χ4n) is 3.71. The van der Waals surface area contributed by atoms with Crippen LogP contribution in [0.25, 0.3) is 11.1 Å². The molecule has 0 saturated carbocycles. The Kier molecular flexibility index (Phi) is 6.10. The number of anilines is 1. The summed E-state index contributed by atoms with van der Waals surface area (Å²) in [5, 5.41) is 2.38. The number of nitrogens with zero attached hydrogens (tertiary/aromatic N) is 2. The number of nitrogens with two attached hydrogens (primary N) is 1. The van der Waals surface area contributed by atoms with E-state index in [-0.39, 0.29) is 17.3 Å². The lowest BCUT2D eigenvalue weighted by Gasteiger charge is -2.18. The van der Waals surface area contributed by atoms with Gasteiger partial charge in [-0.25, -0.2) is 17.6 Å². The number of rotatable bonds is 4. The first-order valence-electron chi connectivity index (χ1n) is 10.0. The van der Waals surface area contributed by atoms with Gasteiger partial charge >= 0.3 is 0 Å². The SMILES string of the molecule is N[C@H]1CCN(C(=O)c2ccncc2NC(=O)c2ccc(F)c(-c3c(F)cccc3F)c2F)C1. The molecule has 1 aliphatic rings. The normalized spacial score (nSPS) is 15.5. The third-order valence-corrected chi connectivity index (χ3v) is 5.36. The summed E-state index contributed by atoms with van der Waals surface area (Å²) >= 11 is 0. The molecule has 3 N–H and O–H groups in total. The van der Waals surface area contributed by atoms with Crippen LogP contribution in [0.2, 0.25) is 0 Å². The van der Waals surface area contributed by atoms with Crippen LogP contribution in [0.15, 0.2) is 48.8 Å². The van der Waals surface area contributed by atoms with E-state index in [0.717, 1.165) is 30.3 Å². The second kappa shape index (κ2) is 8.99. The van der Waals surface area contributed by atoms with Gasteiger partial charge in [0.1, 0.15) is 23.3 Å². The predicted octanol–water partition coefficient (Wildman–Crippen LogP) is 3.73. The van der Waals surface area contributed by atoms with E-state index in [4.69, 9.17) is 5.73 Å². The second-order valence-corrected chi connectivity index (χ2v) is 7.56. The molecule has 0 bridgehead atoms. The minimum Gasteiger partial charge on any atom is -0.337 e. The molecule has 2 aromatic carbocycles. The zero-order valence-corrected chi connectivity index (χ0v) is 17.1. The van der Waals surface area contributed by atoms with E-state index in [1.165, 1.54) is 23.4 Å². The Labute approximate surface area is 186 Å². The molecular formula is C23H18F4N4O2. The lowest BCUT2D eigenvalue weighted by atomic mass is 9.99. The molecule has 170 valence electrons. The number of pyridine rings is 1. The molecule has 2 amide bonds. The zero-order chi connectivity index (χ0) is 23.7. The van der Waals surface area contributed by atoms with E-state index < -0.39 is 51.8 Å².